The summed E-state index contributed by atoms with van der Waals surface area (Å²) < 4.78 is 55.7. The first-order chi connectivity index (χ1) is 13.2. The average Bonchev–Trinajstić information content (AvgIpc) is 3.02. The van der Waals surface area contributed by atoms with E-state index in [4.69, 9.17) is 23.2 Å². The summed E-state index contributed by atoms with van der Waals surface area (Å²) in [5.74, 6) is -1.45. The molecule has 0 bridgehead atoms. The molecule has 0 saturated carbocycles. The van der Waals surface area contributed by atoms with Gasteiger partial charge in [0.1, 0.15) is 20.9 Å². The Bertz CT molecular complexity index is 1120. The van der Waals surface area contributed by atoms with Crippen molar-refractivity contribution in [3.8, 4) is 0 Å². The molecule has 2 aromatic carbocycles. The summed E-state index contributed by atoms with van der Waals surface area (Å²) in [5, 5.41) is 2.84. The molecule has 11 heteroatoms. The van der Waals surface area contributed by atoms with Crippen LogP contribution in [0.1, 0.15) is 18.5 Å². The van der Waals surface area contributed by atoms with Crippen molar-refractivity contribution in [2.24, 2.45) is 0 Å². The Morgan fingerprint density at radius 2 is 1.86 bits per heavy atom. The highest BCUT2D eigenvalue weighted by Crippen LogP contribution is 2.33. The number of hydrogen-bond donors (Lipinski definition) is 2. The van der Waals surface area contributed by atoms with Gasteiger partial charge in [0.05, 0.1) is 22.9 Å². The van der Waals surface area contributed by atoms with E-state index in [0.29, 0.717) is 5.56 Å². The van der Waals surface area contributed by atoms with Crippen LogP contribution in [0.5, 0.6) is 0 Å². The second kappa shape index (κ2) is 8.20. The maximum Gasteiger partial charge on any atom is 0.266 e. The Morgan fingerprint density at radius 3 is 2.50 bits per heavy atom. The van der Waals surface area contributed by atoms with E-state index in [9.17, 15) is 17.2 Å². The van der Waals surface area contributed by atoms with Crippen molar-refractivity contribution < 1.29 is 17.2 Å². The third-order valence-electron chi connectivity index (χ3n) is 3.75. The van der Waals surface area contributed by atoms with Crippen LogP contribution in [0.4, 0.5) is 19.6 Å². The van der Waals surface area contributed by atoms with Gasteiger partial charge in [-0.15, -0.1) is 0 Å². The summed E-state index contributed by atoms with van der Waals surface area (Å²) in [6, 6.07) is 7.51. The zero-order chi connectivity index (χ0) is 20.5. The Morgan fingerprint density at radius 1 is 1.14 bits per heavy atom. The van der Waals surface area contributed by atoms with E-state index >= 15 is 0 Å². The highest BCUT2D eigenvalue weighted by molar-refractivity contribution is 7.93. The van der Waals surface area contributed by atoms with Crippen molar-refractivity contribution in [3.63, 3.8) is 0 Å². The van der Waals surface area contributed by atoms with Gasteiger partial charge >= 0.3 is 0 Å². The molecule has 0 radical (unpaired) electrons. The van der Waals surface area contributed by atoms with E-state index in [2.05, 4.69) is 15.0 Å². The first kappa shape index (κ1) is 20.8. The van der Waals surface area contributed by atoms with Crippen LogP contribution in [0, 0.1) is 11.6 Å². The fourth-order valence-electron chi connectivity index (χ4n) is 2.45. The number of sulfonamides is 1. The van der Waals surface area contributed by atoms with Crippen molar-refractivity contribution in [3.05, 3.63) is 69.2 Å². The summed E-state index contributed by atoms with van der Waals surface area (Å²) in [6.07, 6.45) is 1.27. The predicted molar refractivity (Wildman–Crippen MR) is 108 cm³/mol. The number of nitrogens with one attached hydrogen (secondary N) is 2. The molecule has 3 rings (SSSR count). The summed E-state index contributed by atoms with van der Waals surface area (Å²) in [5.41, 5.74) is 0.490. The number of benzene rings is 2. The SMILES string of the molecule is CC(Nc1cc(F)c(S(=O)(=O)Nc2ncc(Cl)s2)cc1Cl)c1ccccc1F. The van der Waals surface area contributed by atoms with Crippen molar-refractivity contribution in [1.29, 1.82) is 0 Å². The zero-order valence-corrected chi connectivity index (χ0v) is 17.4. The maximum atomic E-state index is 14.5. The molecule has 0 saturated heterocycles. The van der Waals surface area contributed by atoms with Crippen LogP contribution in [0.15, 0.2) is 47.5 Å². The predicted octanol–water partition coefficient (Wildman–Crippen LogP) is 5.70. The normalized spacial score (nSPS) is 12.6. The average molecular weight is 464 g/mol. The van der Waals surface area contributed by atoms with Crippen LogP contribution in [-0.4, -0.2) is 13.4 Å². The molecule has 0 spiro atoms. The first-order valence-electron chi connectivity index (χ1n) is 7.81. The van der Waals surface area contributed by atoms with Crippen molar-refractivity contribution >= 4 is 55.4 Å². The fourth-order valence-corrected chi connectivity index (χ4v) is 4.88. The van der Waals surface area contributed by atoms with Crippen molar-refractivity contribution in [1.82, 2.24) is 4.98 Å². The summed E-state index contributed by atoms with van der Waals surface area (Å²) in [4.78, 5) is 3.12. The molecule has 148 valence electrons. The standard InChI is InChI=1S/C17H13Cl2F2N3O2S2/c1-9(10-4-2-3-5-12(10)20)23-14-7-13(21)15(6-11(14)18)28(25,26)24-17-22-8-16(19)27-17/h2-9,23H,1H3,(H,22,24). The quantitative estimate of drug-likeness (QED) is 0.491. The number of nitrogens with zero attached hydrogens (tertiary/aromatic N) is 1. The number of anilines is 2. The van der Waals surface area contributed by atoms with Gasteiger partial charge in [0, 0.05) is 5.56 Å². The molecule has 2 N–H and O–H groups in total. The lowest BCUT2D eigenvalue weighted by atomic mass is 10.1. The third-order valence-corrected chi connectivity index (χ3v) is 6.58. The lowest BCUT2D eigenvalue weighted by Gasteiger charge is -2.18. The molecule has 0 aliphatic rings. The first-order valence-corrected chi connectivity index (χ1v) is 10.9. The highest BCUT2D eigenvalue weighted by Gasteiger charge is 2.23. The van der Waals surface area contributed by atoms with E-state index < -0.39 is 32.6 Å². The molecule has 28 heavy (non-hydrogen) atoms. The monoisotopic (exact) mass is 463 g/mol. The second-order valence-electron chi connectivity index (χ2n) is 5.73. The lowest BCUT2D eigenvalue weighted by Crippen LogP contribution is -2.15. The van der Waals surface area contributed by atoms with Crippen molar-refractivity contribution in [2.45, 2.75) is 17.9 Å². The number of halogens is 4. The van der Waals surface area contributed by atoms with Gasteiger partial charge in [-0.25, -0.2) is 22.2 Å². The van der Waals surface area contributed by atoms with E-state index in [1.807, 2.05) is 0 Å². The molecule has 0 fully saturated rings. The molecular formula is C17H13Cl2F2N3O2S2. The molecule has 1 heterocycles. The Labute approximate surface area is 174 Å². The van der Waals surface area contributed by atoms with Gasteiger partial charge in [-0.05, 0) is 25.1 Å². The summed E-state index contributed by atoms with van der Waals surface area (Å²) in [6.45, 7) is 1.67. The van der Waals surface area contributed by atoms with E-state index in [1.54, 1.807) is 25.1 Å². The molecule has 0 aliphatic heterocycles. The number of thiazole rings is 1. The third kappa shape index (κ3) is 4.54. The molecule has 1 atom stereocenters. The summed E-state index contributed by atoms with van der Waals surface area (Å²) in [7, 11) is -4.27. The minimum atomic E-state index is -4.27. The van der Waals surface area contributed by atoms with Crippen LogP contribution in [0.3, 0.4) is 0 Å². The Hall–Kier alpha value is -1.94. The second-order valence-corrected chi connectivity index (χ2v) is 9.45. The molecular weight excluding hydrogens is 451 g/mol. The number of aromatic nitrogens is 1. The minimum Gasteiger partial charge on any atom is -0.377 e. The molecule has 1 aromatic heterocycles. The molecule has 0 aliphatic carbocycles. The maximum absolute atomic E-state index is 14.5. The van der Waals surface area contributed by atoms with Gasteiger partial charge in [0.2, 0.25) is 0 Å². The van der Waals surface area contributed by atoms with Crippen LogP contribution < -0.4 is 10.0 Å². The number of hydrogen-bond acceptors (Lipinski definition) is 5. The zero-order valence-electron chi connectivity index (χ0n) is 14.2. The van der Waals surface area contributed by atoms with E-state index in [0.717, 1.165) is 23.5 Å². The van der Waals surface area contributed by atoms with Crippen LogP contribution in [0.2, 0.25) is 9.36 Å². The van der Waals surface area contributed by atoms with Gasteiger partial charge in [-0.3, -0.25) is 4.72 Å². The van der Waals surface area contributed by atoms with E-state index in [1.165, 1.54) is 12.3 Å². The summed E-state index contributed by atoms with van der Waals surface area (Å²) >= 11 is 12.7. The largest absolute Gasteiger partial charge is 0.377 e. The van der Waals surface area contributed by atoms with Crippen LogP contribution >= 0.6 is 34.5 Å². The molecule has 3 aromatic rings. The van der Waals surface area contributed by atoms with Gasteiger partial charge in [0.25, 0.3) is 10.0 Å². The topological polar surface area (TPSA) is 71.1 Å². The molecule has 5 nitrogen and oxygen atoms in total. The molecule has 0 amide bonds. The van der Waals surface area contributed by atoms with Gasteiger partial charge in [0.15, 0.2) is 5.13 Å². The lowest BCUT2D eigenvalue weighted by molar-refractivity contribution is 0.570. The molecule has 1 unspecified atom stereocenters. The smallest absolute Gasteiger partial charge is 0.266 e. The Balaban J connectivity index is 1.87. The van der Waals surface area contributed by atoms with Crippen LogP contribution in [0.25, 0.3) is 0 Å². The van der Waals surface area contributed by atoms with Gasteiger partial charge in [-0.2, -0.15) is 0 Å². The fraction of sp³-hybridized carbons (Fsp3) is 0.118. The van der Waals surface area contributed by atoms with Gasteiger partial charge in [-0.1, -0.05) is 52.7 Å². The highest BCUT2D eigenvalue weighted by atomic mass is 35.5. The Kier molecular flexibility index (Phi) is 6.09. The van der Waals surface area contributed by atoms with Gasteiger partial charge < -0.3 is 5.32 Å². The minimum absolute atomic E-state index is 0.00380. The number of rotatable bonds is 6. The van der Waals surface area contributed by atoms with Crippen molar-refractivity contribution in [2.75, 3.05) is 10.0 Å². The van der Waals surface area contributed by atoms with Crippen LogP contribution in [-0.2, 0) is 10.0 Å². The van der Waals surface area contributed by atoms with E-state index in [-0.39, 0.29) is 20.2 Å².